The van der Waals surface area contributed by atoms with Gasteiger partial charge in [-0.25, -0.2) is 0 Å². The highest BCUT2D eigenvalue weighted by Crippen LogP contribution is 2.36. The molecular weight excluding hydrogens is 226 g/mol. The van der Waals surface area contributed by atoms with Gasteiger partial charge in [0.25, 0.3) is 0 Å². The SMILES string of the molecule is CN(C)c1cc[c]c(-c2ccc3c(c2)OCO3)c1. The second kappa shape index (κ2) is 4.26. The lowest BCUT2D eigenvalue weighted by Gasteiger charge is -2.13. The van der Waals surface area contributed by atoms with Gasteiger partial charge in [0.1, 0.15) is 0 Å². The number of rotatable bonds is 2. The summed E-state index contributed by atoms with van der Waals surface area (Å²) in [6.07, 6.45) is 0. The van der Waals surface area contributed by atoms with Crippen LogP contribution in [0.4, 0.5) is 5.69 Å². The predicted molar refractivity (Wildman–Crippen MR) is 71.2 cm³/mol. The molecule has 0 atom stereocenters. The van der Waals surface area contributed by atoms with Crippen LogP contribution in [-0.2, 0) is 0 Å². The van der Waals surface area contributed by atoms with E-state index >= 15 is 0 Å². The minimum atomic E-state index is 0.306. The van der Waals surface area contributed by atoms with Crippen LogP contribution in [0.5, 0.6) is 11.5 Å². The van der Waals surface area contributed by atoms with Gasteiger partial charge in [0.15, 0.2) is 11.5 Å². The number of anilines is 1. The van der Waals surface area contributed by atoms with E-state index in [4.69, 9.17) is 9.47 Å². The molecule has 3 heteroatoms. The van der Waals surface area contributed by atoms with Crippen molar-refractivity contribution in [2.45, 2.75) is 0 Å². The first kappa shape index (κ1) is 11.0. The van der Waals surface area contributed by atoms with E-state index in [1.165, 1.54) is 0 Å². The standard InChI is InChI=1S/C15H14NO2/c1-16(2)13-5-3-4-11(8-13)12-6-7-14-15(9-12)18-10-17-14/h3,5-9H,10H2,1-2H3. The van der Waals surface area contributed by atoms with Crippen molar-refractivity contribution in [1.82, 2.24) is 0 Å². The third-order valence-corrected chi connectivity index (χ3v) is 2.99. The topological polar surface area (TPSA) is 21.7 Å². The van der Waals surface area contributed by atoms with E-state index in [1.807, 2.05) is 44.4 Å². The van der Waals surface area contributed by atoms with Crippen molar-refractivity contribution >= 4 is 5.69 Å². The Balaban J connectivity index is 2.02. The van der Waals surface area contributed by atoms with E-state index < -0.39 is 0 Å². The zero-order valence-electron chi connectivity index (χ0n) is 10.4. The molecule has 3 rings (SSSR count). The second-order valence-corrected chi connectivity index (χ2v) is 4.42. The van der Waals surface area contributed by atoms with Gasteiger partial charge in [0, 0.05) is 19.8 Å². The van der Waals surface area contributed by atoms with Crippen LogP contribution in [0, 0.1) is 6.07 Å². The first-order valence-corrected chi connectivity index (χ1v) is 5.83. The Morgan fingerprint density at radius 2 is 1.89 bits per heavy atom. The van der Waals surface area contributed by atoms with Gasteiger partial charge in [-0.05, 0) is 41.5 Å². The number of hydrogen-bond acceptors (Lipinski definition) is 3. The molecule has 0 aliphatic carbocycles. The summed E-state index contributed by atoms with van der Waals surface area (Å²) in [5.74, 6) is 1.61. The van der Waals surface area contributed by atoms with Crippen LogP contribution in [0.1, 0.15) is 0 Å². The predicted octanol–water partition coefficient (Wildman–Crippen LogP) is 2.95. The zero-order chi connectivity index (χ0) is 12.5. The summed E-state index contributed by atoms with van der Waals surface area (Å²) in [6.45, 7) is 0.306. The van der Waals surface area contributed by atoms with Crippen molar-refractivity contribution in [3.8, 4) is 22.6 Å². The van der Waals surface area contributed by atoms with Crippen molar-refractivity contribution in [3.63, 3.8) is 0 Å². The molecule has 0 spiro atoms. The Bertz CT molecular complexity index is 578. The Kier molecular flexibility index (Phi) is 2.59. The second-order valence-electron chi connectivity index (χ2n) is 4.42. The summed E-state index contributed by atoms with van der Waals surface area (Å²) in [7, 11) is 4.05. The molecule has 1 aliphatic heterocycles. The van der Waals surface area contributed by atoms with Gasteiger partial charge in [-0.2, -0.15) is 0 Å². The molecule has 1 radical (unpaired) electrons. The molecule has 1 heterocycles. The summed E-state index contributed by atoms with van der Waals surface area (Å²) in [6, 6.07) is 15.3. The average molecular weight is 240 g/mol. The molecule has 91 valence electrons. The maximum Gasteiger partial charge on any atom is 0.231 e. The molecule has 0 amide bonds. The van der Waals surface area contributed by atoms with Crippen molar-refractivity contribution in [1.29, 1.82) is 0 Å². The Hall–Kier alpha value is -2.16. The molecule has 0 fully saturated rings. The first-order valence-electron chi connectivity index (χ1n) is 5.83. The van der Waals surface area contributed by atoms with Crippen LogP contribution in [0.3, 0.4) is 0 Å². The van der Waals surface area contributed by atoms with Crippen molar-refractivity contribution < 1.29 is 9.47 Å². The average Bonchev–Trinajstić information content (AvgIpc) is 2.86. The van der Waals surface area contributed by atoms with Crippen molar-refractivity contribution in [3.05, 3.63) is 42.5 Å². The fourth-order valence-electron chi connectivity index (χ4n) is 1.96. The highest BCUT2D eigenvalue weighted by atomic mass is 16.7. The van der Waals surface area contributed by atoms with Gasteiger partial charge in [0.05, 0.1) is 0 Å². The number of fused-ring (bicyclic) bond motifs is 1. The summed E-state index contributed by atoms with van der Waals surface area (Å²) in [4.78, 5) is 2.07. The molecule has 18 heavy (non-hydrogen) atoms. The molecular formula is C15H14NO2. The number of hydrogen-bond donors (Lipinski definition) is 0. The molecule has 3 nitrogen and oxygen atoms in total. The monoisotopic (exact) mass is 240 g/mol. The van der Waals surface area contributed by atoms with E-state index in [-0.39, 0.29) is 0 Å². The maximum absolute atomic E-state index is 5.39. The summed E-state index contributed by atoms with van der Waals surface area (Å²) in [5, 5.41) is 0. The molecule has 0 N–H and O–H groups in total. The molecule has 2 aromatic rings. The van der Waals surface area contributed by atoms with Crippen LogP contribution >= 0.6 is 0 Å². The first-order chi connectivity index (χ1) is 8.74. The number of benzene rings is 2. The lowest BCUT2D eigenvalue weighted by Crippen LogP contribution is -2.08. The summed E-state index contributed by atoms with van der Waals surface area (Å²) in [5.41, 5.74) is 3.30. The van der Waals surface area contributed by atoms with Gasteiger partial charge < -0.3 is 14.4 Å². The Morgan fingerprint density at radius 3 is 2.72 bits per heavy atom. The van der Waals surface area contributed by atoms with Gasteiger partial charge in [-0.1, -0.05) is 12.1 Å². The van der Waals surface area contributed by atoms with Crippen molar-refractivity contribution in [2.24, 2.45) is 0 Å². The van der Waals surface area contributed by atoms with E-state index in [0.29, 0.717) is 6.79 Å². The fourth-order valence-corrected chi connectivity index (χ4v) is 1.96. The normalized spacial score (nSPS) is 12.6. The minimum Gasteiger partial charge on any atom is -0.454 e. The highest BCUT2D eigenvalue weighted by molar-refractivity contribution is 5.70. The van der Waals surface area contributed by atoms with E-state index in [2.05, 4.69) is 17.0 Å². The summed E-state index contributed by atoms with van der Waals surface area (Å²) < 4.78 is 10.7. The largest absolute Gasteiger partial charge is 0.454 e. The van der Waals surface area contributed by atoms with Gasteiger partial charge in [-0.15, -0.1) is 0 Å². The number of nitrogens with zero attached hydrogens (tertiary/aromatic N) is 1. The van der Waals surface area contributed by atoms with E-state index in [0.717, 1.165) is 28.3 Å². The smallest absolute Gasteiger partial charge is 0.231 e. The molecule has 0 unspecified atom stereocenters. The van der Waals surface area contributed by atoms with Gasteiger partial charge >= 0.3 is 0 Å². The van der Waals surface area contributed by atoms with Crippen molar-refractivity contribution in [2.75, 3.05) is 25.8 Å². The minimum absolute atomic E-state index is 0.306. The zero-order valence-corrected chi connectivity index (χ0v) is 10.4. The third-order valence-electron chi connectivity index (χ3n) is 2.99. The molecule has 2 aromatic carbocycles. The van der Waals surface area contributed by atoms with Crippen LogP contribution < -0.4 is 14.4 Å². The van der Waals surface area contributed by atoms with Crippen LogP contribution in [-0.4, -0.2) is 20.9 Å². The van der Waals surface area contributed by atoms with E-state index in [1.54, 1.807) is 0 Å². The quantitative estimate of drug-likeness (QED) is 0.805. The van der Waals surface area contributed by atoms with Gasteiger partial charge in [-0.3, -0.25) is 0 Å². The fraction of sp³-hybridized carbons (Fsp3) is 0.200. The lowest BCUT2D eigenvalue weighted by molar-refractivity contribution is 0.174. The molecule has 0 bridgehead atoms. The molecule has 0 saturated heterocycles. The summed E-state index contributed by atoms with van der Waals surface area (Å²) >= 11 is 0. The maximum atomic E-state index is 5.39. The molecule has 1 aliphatic rings. The Labute approximate surface area is 107 Å². The molecule has 0 saturated carbocycles. The van der Waals surface area contributed by atoms with Gasteiger partial charge in [0.2, 0.25) is 6.79 Å². The lowest BCUT2D eigenvalue weighted by atomic mass is 10.0. The van der Waals surface area contributed by atoms with Crippen LogP contribution in [0.2, 0.25) is 0 Å². The van der Waals surface area contributed by atoms with Crippen LogP contribution in [0.25, 0.3) is 11.1 Å². The Morgan fingerprint density at radius 1 is 1.06 bits per heavy atom. The van der Waals surface area contributed by atoms with Crippen LogP contribution in [0.15, 0.2) is 36.4 Å². The highest BCUT2D eigenvalue weighted by Gasteiger charge is 2.13. The number of ether oxygens (including phenoxy) is 2. The molecule has 0 aromatic heterocycles. The van der Waals surface area contributed by atoms with E-state index in [9.17, 15) is 0 Å². The third kappa shape index (κ3) is 1.88.